The predicted octanol–water partition coefficient (Wildman–Crippen LogP) is 4.30. The molecule has 0 fully saturated rings. The van der Waals surface area contributed by atoms with Crippen LogP contribution in [0.2, 0.25) is 5.02 Å². The number of para-hydroxylation sites is 1. The molecule has 0 aliphatic heterocycles. The number of carbonyl (C=O) groups is 1. The molecule has 0 spiro atoms. The third kappa shape index (κ3) is 3.72. The minimum atomic E-state index is -0.243. The fourth-order valence-corrected chi connectivity index (χ4v) is 4.12. The van der Waals surface area contributed by atoms with Gasteiger partial charge in [0.05, 0.1) is 12.2 Å². The third-order valence-corrected chi connectivity index (χ3v) is 5.68. The van der Waals surface area contributed by atoms with Crippen molar-refractivity contribution in [2.24, 2.45) is 0 Å². The maximum absolute atomic E-state index is 12.9. The molecule has 2 aromatic carbocycles. The van der Waals surface area contributed by atoms with Crippen LogP contribution in [-0.4, -0.2) is 25.8 Å². The number of nitrogens with zero attached hydrogens (tertiary/aromatic N) is 4. The molecule has 7 nitrogen and oxygen atoms in total. The van der Waals surface area contributed by atoms with Gasteiger partial charge in [0.15, 0.2) is 5.69 Å². The van der Waals surface area contributed by atoms with Crippen molar-refractivity contribution in [2.45, 2.75) is 32.7 Å². The first-order chi connectivity index (χ1) is 15.1. The summed E-state index contributed by atoms with van der Waals surface area (Å²) < 4.78 is 7.20. The molecule has 156 valence electrons. The summed E-state index contributed by atoms with van der Waals surface area (Å²) in [6.45, 7) is 2.17. The number of hydrogen-bond donors (Lipinski definition) is 1. The van der Waals surface area contributed by atoms with Crippen molar-refractivity contribution in [3.8, 4) is 17.1 Å². The largest absolute Gasteiger partial charge is 0.342 e. The molecule has 2 heterocycles. The molecule has 0 saturated carbocycles. The quantitative estimate of drug-likeness (QED) is 0.507. The minimum Gasteiger partial charge on any atom is -0.342 e. The zero-order valence-corrected chi connectivity index (χ0v) is 17.7. The van der Waals surface area contributed by atoms with E-state index in [1.165, 1.54) is 0 Å². The van der Waals surface area contributed by atoms with E-state index in [1.54, 1.807) is 12.1 Å². The summed E-state index contributed by atoms with van der Waals surface area (Å²) in [5, 5.41) is 12.1. The Morgan fingerprint density at radius 3 is 2.90 bits per heavy atom. The number of rotatable bonds is 5. The summed E-state index contributed by atoms with van der Waals surface area (Å²) in [6.07, 6.45) is 2.78. The van der Waals surface area contributed by atoms with Gasteiger partial charge in [-0.2, -0.15) is 10.1 Å². The fourth-order valence-electron chi connectivity index (χ4n) is 3.93. The van der Waals surface area contributed by atoms with E-state index in [2.05, 4.69) is 20.6 Å². The molecule has 31 heavy (non-hydrogen) atoms. The van der Waals surface area contributed by atoms with Crippen LogP contribution in [0.15, 0.2) is 53.1 Å². The lowest BCUT2D eigenvalue weighted by Crippen LogP contribution is -2.24. The molecule has 1 N–H and O–H groups in total. The first-order valence-corrected chi connectivity index (χ1v) is 10.5. The van der Waals surface area contributed by atoms with Crippen molar-refractivity contribution >= 4 is 17.5 Å². The number of carbonyl (C=O) groups excluding carboxylic acids is 1. The lowest BCUT2D eigenvalue weighted by Gasteiger charge is -2.08. The normalized spacial score (nSPS) is 12.7. The number of benzene rings is 2. The number of hydrogen-bond acceptors (Lipinski definition) is 5. The van der Waals surface area contributed by atoms with E-state index in [4.69, 9.17) is 16.1 Å². The molecule has 0 bridgehead atoms. The lowest BCUT2D eigenvalue weighted by atomic mass is 10.2. The monoisotopic (exact) mass is 433 g/mol. The summed E-state index contributed by atoms with van der Waals surface area (Å²) in [6, 6.07) is 15.3. The van der Waals surface area contributed by atoms with Gasteiger partial charge in [-0.15, -0.1) is 0 Å². The maximum atomic E-state index is 12.9. The van der Waals surface area contributed by atoms with Gasteiger partial charge in [0.25, 0.3) is 5.91 Å². The Balaban J connectivity index is 1.35. The first kappa shape index (κ1) is 19.5. The second-order valence-corrected chi connectivity index (χ2v) is 7.97. The molecule has 4 aromatic rings. The Labute approximate surface area is 184 Å². The Morgan fingerprint density at radius 1 is 1.19 bits per heavy atom. The molecule has 8 heteroatoms. The van der Waals surface area contributed by atoms with Crippen LogP contribution in [0.3, 0.4) is 0 Å². The third-order valence-electron chi connectivity index (χ3n) is 5.44. The Morgan fingerprint density at radius 2 is 2.06 bits per heavy atom. The van der Waals surface area contributed by atoms with Crippen LogP contribution in [0, 0.1) is 6.92 Å². The van der Waals surface area contributed by atoms with E-state index in [0.29, 0.717) is 22.4 Å². The highest BCUT2D eigenvalue weighted by atomic mass is 35.5. The number of amides is 1. The van der Waals surface area contributed by atoms with Crippen LogP contribution in [0.5, 0.6) is 0 Å². The van der Waals surface area contributed by atoms with Gasteiger partial charge in [-0.05, 0) is 49.9 Å². The summed E-state index contributed by atoms with van der Waals surface area (Å²) in [5.74, 6) is 0.503. The highest BCUT2D eigenvalue weighted by molar-refractivity contribution is 6.30. The molecule has 0 unspecified atom stereocenters. The van der Waals surface area contributed by atoms with E-state index in [1.807, 2.05) is 48.0 Å². The van der Waals surface area contributed by atoms with Gasteiger partial charge in [0.2, 0.25) is 11.7 Å². The van der Waals surface area contributed by atoms with E-state index in [-0.39, 0.29) is 12.5 Å². The second-order valence-electron chi connectivity index (χ2n) is 7.53. The van der Waals surface area contributed by atoms with Gasteiger partial charge in [-0.3, -0.25) is 4.79 Å². The van der Waals surface area contributed by atoms with Gasteiger partial charge < -0.3 is 9.84 Å². The van der Waals surface area contributed by atoms with Gasteiger partial charge >= 0.3 is 0 Å². The smallest absolute Gasteiger partial charge is 0.272 e. The highest BCUT2D eigenvalue weighted by Crippen LogP contribution is 2.29. The molecular weight excluding hydrogens is 414 g/mol. The van der Waals surface area contributed by atoms with Crippen molar-refractivity contribution in [3.05, 3.63) is 82.0 Å². The van der Waals surface area contributed by atoms with Crippen molar-refractivity contribution in [2.75, 3.05) is 0 Å². The van der Waals surface area contributed by atoms with Crippen molar-refractivity contribution in [1.82, 2.24) is 25.2 Å². The Hall–Kier alpha value is -3.45. The minimum absolute atomic E-state index is 0.123. The molecular formula is C23H20ClN5O2. The van der Waals surface area contributed by atoms with Crippen LogP contribution < -0.4 is 5.32 Å². The average molecular weight is 434 g/mol. The van der Waals surface area contributed by atoms with E-state index in [0.717, 1.165) is 47.3 Å². The molecule has 0 radical (unpaired) electrons. The molecule has 0 atom stereocenters. The Kier molecular flexibility index (Phi) is 5.03. The zero-order valence-electron chi connectivity index (χ0n) is 16.9. The number of aryl methyl sites for hydroxylation is 1. The molecule has 5 rings (SSSR count). The van der Waals surface area contributed by atoms with Crippen LogP contribution in [-0.2, 0) is 19.4 Å². The second kappa shape index (κ2) is 8.00. The number of aromatic nitrogens is 4. The van der Waals surface area contributed by atoms with Crippen molar-refractivity contribution in [3.63, 3.8) is 0 Å². The summed E-state index contributed by atoms with van der Waals surface area (Å²) in [5.41, 5.74) is 5.47. The van der Waals surface area contributed by atoms with Crippen molar-refractivity contribution in [1.29, 1.82) is 0 Å². The number of fused-ring (bicyclic) bond motifs is 1. The van der Waals surface area contributed by atoms with Crippen LogP contribution in [0.4, 0.5) is 0 Å². The van der Waals surface area contributed by atoms with Gasteiger partial charge in [0.1, 0.15) is 0 Å². The summed E-state index contributed by atoms with van der Waals surface area (Å²) in [4.78, 5) is 17.3. The zero-order chi connectivity index (χ0) is 21.4. The van der Waals surface area contributed by atoms with Crippen LogP contribution >= 0.6 is 11.6 Å². The Bertz CT molecular complexity index is 1280. The molecule has 2 aromatic heterocycles. The van der Waals surface area contributed by atoms with Crippen LogP contribution in [0.25, 0.3) is 17.1 Å². The molecule has 0 saturated heterocycles. The SMILES string of the molecule is Cc1ccccc1-n1nc(C(=O)NCc2nc(-c3cccc(Cl)c3)no2)c2c1CCC2. The predicted molar refractivity (Wildman–Crippen MR) is 116 cm³/mol. The number of halogens is 1. The topological polar surface area (TPSA) is 85.8 Å². The summed E-state index contributed by atoms with van der Waals surface area (Å²) >= 11 is 6.02. The first-order valence-electron chi connectivity index (χ1n) is 10.1. The van der Waals surface area contributed by atoms with Crippen molar-refractivity contribution < 1.29 is 9.32 Å². The standard InChI is InChI=1S/C23H20ClN5O2/c1-14-6-2-3-10-18(14)29-19-11-5-9-17(19)21(27-29)23(30)25-13-20-26-22(28-31-20)15-7-4-8-16(24)12-15/h2-4,6-8,10,12H,5,9,11,13H2,1H3,(H,25,30). The molecule has 1 aliphatic rings. The average Bonchev–Trinajstić information content (AvgIpc) is 3.49. The molecule has 1 aliphatic carbocycles. The van der Waals surface area contributed by atoms with Gasteiger partial charge in [-0.1, -0.05) is 47.1 Å². The van der Waals surface area contributed by atoms with E-state index >= 15 is 0 Å². The fraction of sp³-hybridized carbons (Fsp3) is 0.217. The number of nitrogens with one attached hydrogen (secondary N) is 1. The lowest BCUT2D eigenvalue weighted by molar-refractivity contribution is 0.0940. The maximum Gasteiger partial charge on any atom is 0.272 e. The van der Waals surface area contributed by atoms with Gasteiger partial charge in [-0.25, -0.2) is 4.68 Å². The van der Waals surface area contributed by atoms with Crippen LogP contribution in [0.1, 0.15) is 39.6 Å². The summed E-state index contributed by atoms with van der Waals surface area (Å²) in [7, 11) is 0. The van der Waals surface area contributed by atoms with Gasteiger partial charge in [0, 0.05) is 21.8 Å². The molecule has 1 amide bonds. The highest BCUT2D eigenvalue weighted by Gasteiger charge is 2.27. The van der Waals surface area contributed by atoms with E-state index < -0.39 is 0 Å². The van der Waals surface area contributed by atoms with E-state index in [9.17, 15) is 4.79 Å².